The Hall–Kier alpha value is 0.180. The van der Waals surface area contributed by atoms with Crippen LogP contribution < -0.4 is 0 Å². The number of alkyl halides is 1. The van der Waals surface area contributed by atoms with E-state index in [1.54, 1.807) is 0 Å². The Morgan fingerprint density at radius 2 is 2.38 bits per heavy atom. The standard InChI is InChI=1S/C11H15BrS/c1-11(8-12,10-2-3-10)6-9-4-5-13-7-9/h4-5,7,10H,2-3,6,8H2,1H3. The Morgan fingerprint density at radius 3 is 2.85 bits per heavy atom. The highest BCUT2D eigenvalue weighted by molar-refractivity contribution is 9.09. The fourth-order valence-corrected chi connectivity index (χ4v) is 3.27. The van der Waals surface area contributed by atoms with E-state index in [0.29, 0.717) is 5.41 Å². The lowest BCUT2D eigenvalue weighted by molar-refractivity contribution is 0.319. The van der Waals surface area contributed by atoms with Crippen LogP contribution in [-0.4, -0.2) is 5.33 Å². The van der Waals surface area contributed by atoms with Crippen molar-refractivity contribution in [3.05, 3.63) is 22.4 Å². The summed E-state index contributed by atoms with van der Waals surface area (Å²) in [4.78, 5) is 0. The molecule has 1 saturated carbocycles. The highest BCUT2D eigenvalue weighted by Gasteiger charge is 2.40. The van der Waals surface area contributed by atoms with E-state index in [2.05, 4.69) is 39.7 Å². The lowest BCUT2D eigenvalue weighted by Crippen LogP contribution is -2.23. The van der Waals surface area contributed by atoms with Gasteiger partial charge in [0.05, 0.1) is 0 Å². The van der Waals surface area contributed by atoms with Gasteiger partial charge in [-0.1, -0.05) is 22.9 Å². The zero-order valence-corrected chi connectivity index (χ0v) is 10.3. The Bertz CT molecular complexity index is 264. The van der Waals surface area contributed by atoms with Crippen molar-refractivity contribution in [1.29, 1.82) is 0 Å². The second-order valence-electron chi connectivity index (χ2n) is 4.37. The van der Waals surface area contributed by atoms with Crippen molar-refractivity contribution in [2.75, 3.05) is 5.33 Å². The van der Waals surface area contributed by atoms with Crippen LogP contribution in [0.2, 0.25) is 0 Å². The smallest absolute Gasteiger partial charge is 0.00911 e. The summed E-state index contributed by atoms with van der Waals surface area (Å²) in [5.41, 5.74) is 2.01. The minimum absolute atomic E-state index is 0.501. The third-order valence-corrected chi connectivity index (χ3v) is 5.07. The number of rotatable bonds is 4. The van der Waals surface area contributed by atoms with E-state index in [4.69, 9.17) is 0 Å². The predicted octanol–water partition coefficient (Wildman–Crippen LogP) is 4.10. The topological polar surface area (TPSA) is 0 Å². The average molecular weight is 259 g/mol. The van der Waals surface area contributed by atoms with E-state index in [-0.39, 0.29) is 0 Å². The van der Waals surface area contributed by atoms with Gasteiger partial charge >= 0.3 is 0 Å². The molecule has 1 aromatic rings. The predicted molar refractivity (Wildman–Crippen MR) is 62.6 cm³/mol. The summed E-state index contributed by atoms with van der Waals surface area (Å²) >= 11 is 5.47. The van der Waals surface area contributed by atoms with Crippen LogP contribution in [0.25, 0.3) is 0 Å². The van der Waals surface area contributed by atoms with Gasteiger partial charge in [-0.25, -0.2) is 0 Å². The molecule has 0 nitrogen and oxygen atoms in total. The molecule has 0 amide bonds. The largest absolute Gasteiger partial charge is 0.152 e. The summed E-state index contributed by atoms with van der Waals surface area (Å²) in [6.45, 7) is 2.41. The first-order valence-electron chi connectivity index (χ1n) is 4.82. The summed E-state index contributed by atoms with van der Waals surface area (Å²) in [6, 6.07) is 2.26. The molecule has 0 spiro atoms. The van der Waals surface area contributed by atoms with Gasteiger partial charge in [-0.15, -0.1) is 0 Å². The fourth-order valence-electron chi connectivity index (χ4n) is 1.94. The molecule has 1 aliphatic carbocycles. The molecule has 0 aliphatic heterocycles. The van der Waals surface area contributed by atoms with Crippen molar-refractivity contribution >= 4 is 27.3 Å². The van der Waals surface area contributed by atoms with Gasteiger partial charge in [0.2, 0.25) is 0 Å². The van der Waals surface area contributed by atoms with Crippen molar-refractivity contribution in [2.45, 2.75) is 26.2 Å². The third-order valence-electron chi connectivity index (χ3n) is 3.06. The van der Waals surface area contributed by atoms with Crippen LogP contribution in [0.1, 0.15) is 25.3 Å². The summed E-state index contributed by atoms with van der Waals surface area (Å²) in [5.74, 6) is 0.965. The van der Waals surface area contributed by atoms with Crippen LogP contribution >= 0.6 is 27.3 Å². The molecule has 1 aliphatic rings. The third kappa shape index (κ3) is 2.16. The van der Waals surface area contributed by atoms with E-state index < -0.39 is 0 Å². The van der Waals surface area contributed by atoms with Crippen LogP contribution in [0, 0.1) is 11.3 Å². The first-order valence-corrected chi connectivity index (χ1v) is 6.88. The van der Waals surface area contributed by atoms with Gasteiger partial charge in [-0.3, -0.25) is 0 Å². The average Bonchev–Trinajstić information content (AvgIpc) is 2.88. The second kappa shape index (κ2) is 3.74. The summed E-state index contributed by atoms with van der Waals surface area (Å²) in [7, 11) is 0. The van der Waals surface area contributed by atoms with Gasteiger partial charge in [0, 0.05) is 5.33 Å². The molecule has 1 heterocycles. The molecule has 2 rings (SSSR count). The van der Waals surface area contributed by atoms with Gasteiger partial charge in [-0.05, 0) is 53.0 Å². The molecular weight excluding hydrogens is 244 g/mol. The van der Waals surface area contributed by atoms with Crippen LogP contribution in [-0.2, 0) is 6.42 Å². The van der Waals surface area contributed by atoms with Crippen molar-refractivity contribution in [3.63, 3.8) is 0 Å². The van der Waals surface area contributed by atoms with E-state index in [0.717, 1.165) is 11.2 Å². The lowest BCUT2D eigenvalue weighted by Gasteiger charge is -2.26. The van der Waals surface area contributed by atoms with E-state index in [9.17, 15) is 0 Å². The fraction of sp³-hybridized carbons (Fsp3) is 0.636. The molecule has 0 saturated heterocycles. The lowest BCUT2D eigenvalue weighted by atomic mass is 9.82. The highest BCUT2D eigenvalue weighted by atomic mass is 79.9. The summed E-state index contributed by atoms with van der Waals surface area (Å²) in [5, 5.41) is 5.60. The molecule has 0 N–H and O–H groups in total. The number of hydrogen-bond acceptors (Lipinski definition) is 1. The minimum atomic E-state index is 0.501. The first kappa shape index (κ1) is 9.72. The Kier molecular flexibility index (Phi) is 2.80. The quantitative estimate of drug-likeness (QED) is 0.714. The molecule has 1 aromatic heterocycles. The zero-order chi connectivity index (χ0) is 9.31. The van der Waals surface area contributed by atoms with Gasteiger partial charge in [0.25, 0.3) is 0 Å². The van der Waals surface area contributed by atoms with Crippen molar-refractivity contribution < 1.29 is 0 Å². The van der Waals surface area contributed by atoms with Gasteiger partial charge in [-0.2, -0.15) is 11.3 Å². The number of halogens is 1. The van der Waals surface area contributed by atoms with Gasteiger partial charge in [0.1, 0.15) is 0 Å². The highest BCUT2D eigenvalue weighted by Crippen LogP contribution is 2.48. The molecule has 0 aromatic carbocycles. The number of thiophene rings is 1. The van der Waals surface area contributed by atoms with E-state index in [1.807, 2.05) is 11.3 Å². The van der Waals surface area contributed by atoms with Crippen LogP contribution in [0.15, 0.2) is 16.8 Å². The molecule has 13 heavy (non-hydrogen) atoms. The molecule has 0 bridgehead atoms. The van der Waals surface area contributed by atoms with E-state index in [1.165, 1.54) is 24.8 Å². The molecule has 1 fully saturated rings. The maximum Gasteiger partial charge on any atom is 0.00911 e. The van der Waals surface area contributed by atoms with Gasteiger partial charge in [0.15, 0.2) is 0 Å². The maximum absolute atomic E-state index is 3.66. The monoisotopic (exact) mass is 258 g/mol. The molecule has 0 radical (unpaired) electrons. The normalized spacial score (nSPS) is 21.4. The zero-order valence-electron chi connectivity index (χ0n) is 7.92. The minimum Gasteiger partial charge on any atom is -0.152 e. The molecule has 72 valence electrons. The van der Waals surface area contributed by atoms with Crippen molar-refractivity contribution in [1.82, 2.24) is 0 Å². The summed E-state index contributed by atoms with van der Waals surface area (Å²) in [6.07, 6.45) is 4.12. The maximum atomic E-state index is 3.66. The van der Waals surface area contributed by atoms with Crippen LogP contribution in [0.3, 0.4) is 0 Å². The van der Waals surface area contributed by atoms with E-state index >= 15 is 0 Å². The Morgan fingerprint density at radius 1 is 1.62 bits per heavy atom. The molecular formula is C11H15BrS. The SMILES string of the molecule is CC(CBr)(Cc1ccsc1)C1CC1. The van der Waals surface area contributed by atoms with Crippen LogP contribution in [0.4, 0.5) is 0 Å². The van der Waals surface area contributed by atoms with Gasteiger partial charge < -0.3 is 0 Å². The Balaban J connectivity index is 2.05. The molecule has 2 heteroatoms. The molecule has 1 atom stereocenters. The first-order chi connectivity index (χ1) is 6.24. The Labute approximate surface area is 92.5 Å². The summed E-state index contributed by atoms with van der Waals surface area (Å²) < 4.78 is 0. The number of hydrogen-bond donors (Lipinski definition) is 0. The van der Waals surface area contributed by atoms with Crippen molar-refractivity contribution in [3.8, 4) is 0 Å². The van der Waals surface area contributed by atoms with Crippen LogP contribution in [0.5, 0.6) is 0 Å². The van der Waals surface area contributed by atoms with Crippen molar-refractivity contribution in [2.24, 2.45) is 11.3 Å². The molecule has 1 unspecified atom stereocenters. The second-order valence-corrected chi connectivity index (χ2v) is 5.71.